The number of hydrogen-bond donors (Lipinski definition) is 0. The minimum absolute atomic E-state index is 0.225. The second-order valence-electron chi connectivity index (χ2n) is 3.32. The van der Waals surface area contributed by atoms with Crippen molar-refractivity contribution in [1.82, 2.24) is 4.90 Å². The maximum atomic E-state index is 11.6. The van der Waals surface area contributed by atoms with Gasteiger partial charge in [0, 0.05) is 19.5 Å². The van der Waals surface area contributed by atoms with E-state index in [1.54, 1.807) is 6.92 Å². The number of hydrogen-bond acceptors (Lipinski definition) is 4. The van der Waals surface area contributed by atoms with Gasteiger partial charge >= 0.3 is 5.97 Å². The summed E-state index contributed by atoms with van der Waals surface area (Å²) in [6, 6.07) is -0.307. The van der Waals surface area contributed by atoms with Crippen LogP contribution in [0.25, 0.3) is 0 Å². The third-order valence-electron chi connectivity index (χ3n) is 2.36. The lowest BCUT2D eigenvalue weighted by Gasteiger charge is -2.31. The van der Waals surface area contributed by atoms with E-state index in [1.165, 1.54) is 0 Å². The molecule has 84 valence electrons. The first-order valence-corrected chi connectivity index (χ1v) is 5.21. The molecule has 0 amide bonds. The van der Waals surface area contributed by atoms with E-state index in [0.717, 1.165) is 13.1 Å². The van der Waals surface area contributed by atoms with Crippen LogP contribution in [0, 0.1) is 12.3 Å². The van der Waals surface area contributed by atoms with Crippen LogP contribution in [0.4, 0.5) is 0 Å². The molecule has 1 atom stereocenters. The molecule has 0 aromatic heterocycles. The summed E-state index contributed by atoms with van der Waals surface area (Å²) in [5.74, 6) is 2.30. The molecule has 0 N–H and O–H groups in total. The molecule has 0 spiro atoms. The van der Waals surface area contributed by atoms with Crippen LogP contribution in [0.5, 0.6) is 0 Å². The van der Waals surface area contributed by atoms with Crippen LogP contribution in [0.3, 0.4) is 0 Å². The molecule has 1 saturated heterocycles. The van der Waals surface area contributed by atoms with Gasteiger partial charge < -0.3 is 9.47 Å². The fourth-order valence-corrected chi connectivity index (χ4v) is 1.60. The fourth-order valence-electron chi connectivity index (χ4n) is 1.60. The molecule has 0 unspecified atom stereocenters. The Bertz CT molecular complexity index is 241. The molecule has 1 fully saturated rings. The summed E-state index contributed by atoms with van der Waals surface area (Å²) in [6.45, 7) is 4.98. The molecule has 0 saturated carbocycles. The van der Waals surface area contributed by atoms with E-state index in [4.69, 9.17) is 15.9 Å². The molecule has 0 aromatic carbocycles. The normalized spacial score (nSPS) is 19.2. The SMILES string of the molecule is C#CC[C@@H](C(=O)OCC)N1CCOCC1. The van der Waals surface area contributed by atoms with E-state index in [0.29, 0.717) is 26.2 Å². The van der Waals surface area contributed by atoms with Gasteiger partial charge in [-0.1, -0.05) is 0 Å². The lowest BCUT2D eigenvalue weighted by molar-refractivity contribution is -0.151. The van der Waals surface area contributed by atoms with Crippen LogP contribution >= 0.6 is 0 Å². The number of terminal acetylenes is 1. The summed E-state index contributed by atoms with van der Waals surface area (Å²) < 4.78 is 10.2. The summed E-state index contributed by atoms with van der Waals surface area (Å²) in [6.07, 6.45) is 5.66. The first-order chi connectivity index (χ1) is 7.29. The smallest absolute Gasteiger partial charge is 0.324 e. The Hall–Kier alpha value is -1.05. The zero-order chi connectivity index (χ0) is 11.1. The van der Waals surface area contributed by atoms with Crippen LogP contribution in [0.2, 0.25) is 0 Å². The third-order valence-corrected chi connectivity index (χ3v) is 2.36. The maximum Gasteiger partial charge on any atom is 0.324 e. The lowest BCUT2D eigenvalue weighted by atomic mass is 10.1. The van der Waals surface area contributed by atoms with Crippen molar-refractivity contribution in [3.63, 3.8) is 0 Å². The van der Waals surface area contributed by atoms with E-state index >= 15 is 0 Å². The molecule has 1 aliphatic heterocycles. The van der Waals surface area contributed by atoms with Gasteiger partial charge in [-0.3, -0.25) is 9.69 Å². The monoisotopic (exact) mass is 211 g/mol. The number of nitrogens with zero attached hydrogens (tertiary/aromatic N) is 1. The van der Waals surface area contributed by atoms with E-state index in [1.807, 2.05) is 4.90 Å². The van der Waals surface area contributed by atoms with Gasteiger partial charge in [0.25, 0.3) is 0 Å². The van der Waals surface area contributed by atoms with Gasteiger partial charge in [0.15, 0.2) is 0 Å². The lowest BCUT2D eigenvalue weighted by Crippen LogP contribution is -2.47. The maximum absolute atomic E-state index is 11.6. The second-order valence-corrected chi connectivity index (χ2v) is 3.32. The van der Waals surface area contributed by atoms with Gasteiger partial charge in [-0.05, 0) is 6.92 Å². The average Bonchev–Trinajstić information content (AvgIpc) is 2.27. The average molecular weight is 211 g/mol. The van der Waals surface area contributed by atoms with E-state index in [-0.39, 0.29) is 12.0 Å². The molecular formula is C11H17NO3. The van der Waals surface area contributed by atoms with Crippen molar-refractivity contribution in [1.29, 1.82) is 0 Å². The van der Waals surface area contributed by atoms with Crippen molar-refractivity contribution in [3.05, 3.63) is 0 Å². The Kier molecular flexibility index (Phi) is 5.16. The summed E-state index contributed by atoms with van der Waals surface area (Å²) in [5, 5.41) is 0. The minimum atomic E-state index is -0.307. The number of esters is 1. The van der Waals surface area contributed by atoms with Crippen molar-refractivity contribution in [2.75, 3.05) is 32.9 Å². The zero-order valence-electron chi connectivity index (χ0n) is 9.07. The van der Waals surface area contributed by atoms with Crippen molar-refractivity contribution < 1.29 is 14.3 Å². The number of ether oxygens (including phenoxy) is 2. The number of morpholine rings is 1. The highest BCUT2D eigenvalue weighted by atomic mass is 16.5. The van der Waals surface area contributed by atoms with Crippen molar-refractivity contribution in [3.8, 4) is 12.3 Å². The Morgan fingerprint density at radius 3 is 2.80 bits per heavy atom. The number of carbonyl (C=O) groups excluding carboxylic acids is 1. The molecule has 0 radical (unpaired) electrons. The summed E-state index contributed by atoms with van der Waals surface area (Å²) in [4.78, 5) is 13.7. The van der Waals surface area contributed by atoms with Gasteiger partial charge in [0.05, 0.1) is 19.8 Å². The molecule has 4 heteroatoms. The van der Waals surface area contributed by atoms with E-state index in [9.17, 15) is 4.79 Å². The highest BCUT2D eigenvalue weighted by Crippen LogP contribution is 2.09. The van der Waals surface area contributed by atoms with Crippen molar-refractivity contribution in [2.24, 2.45) is 0 Å². The van der Waals surface area contributed by atoms with Gasteiger partial charge in [0.1, 0.15) is 6.04 Å². The fraction of sp³-hybridized carbons (Fsp3) is 0.727. The first kappa shape index (κ1) is 12.0. The molecule has 15 heavy (non-hydrogen) atoms. The molecule has 0 aromatic rings. The van der Waals surface area contributed by atoms with Crippen LogP contribution in [-0.2, 0) is 14.3 Å². The molecule has 0 aliphatic carbocycles. The molecule has 1 aliphatic rings. The Morgan fingerprint density at radius 1 is 1.60 bits per heavy atom. The summed E-state index contributed by atoms with van der Waals surface area (Å²) in [7, 11) is 0. The Balaban J connectivity index is 2.55. The number of rotatable bonds is 4. The quantitative estimate of drug-likeness (QED) is 0.494. The largest absolute Gasteiger partial charge is 0.465 e. The van der Waals surface area contributed by atoms with Gasteiger partial charge in [0.2, 0.25) is 0 Å². The van der Waals surface area contributed by atoms with Crippen LogP contribution < -0.4 is 0 Å². The predicted octanol–water partition coefficient (Wildman–Crippen LogP) is 0.274. The van der Waals surface area contributed by atoms with Gasteiger partial charge in [-0.2, -0.15) is 0 Å². The van der Waals surface area contributed by atoms with Crippen molar-refractivity contribution >= 4 is 5.97 Å². The highest BCUT2D eigenvalue weighted by molar-refractivity contribution is 5.76. The van der Waals surface area contributed by atoms with E-state index < -0.39 is 0 Å². The van der Waals surface area contributed by atoms with Gasteiger partial charge in [-0.25, -0.2) is 0 Å². The van der Waals surface area contributed by atoms with Gasteiger partial charge in [-0.15, -0.1) is 12.3 Å². The first-order valence-electron chi connectivity index (χ1n) is 5.21. The van der Waals surface area contributed by atoms with Crippen molar-refractivity contribution in [2.45, 2.75) is 19.4 Å². The third kappa shape index (κ3) is 3.54. The molecule has 1 rings (SSSR count). The predicted molar refractivity (Wildman–Crippen MR) is 56.3 cm³/mol. The molecular weight excluding hydrogens is 194 g/mol. The van der Waals surface area contributed by atoms with Crippen LogP contribution in [0.15, 0.2) is 0 Å². The minimum Gasteiger partial charge on any atom is -0.465 e. The molecule has 1 heterocycles. The standard InChI is InChI=1S/C11H17NO3/c1-3-5-10(11(13)15-4-2)12-6-8-14-9-7-12/h1,10H,4-9H2,2H3/t10-/m0/s1. The molecule has 4 nitrogen and oxygen atoms in total. The van der Waals surface area contributed by atoms with Crippen LogP contribution in [0.1, 0.15) is 13.3 Å². The summed E-state index contributed by atoms with van der Waals surface area (Å²) in [5.41, 5.74) is 0. The number of carbonyl (C=O) groups is 1. The molecule has 0 bridgehead atoms. The van der Waals surface area contributed by atoms with Crippen LogP contribution in [-0.4, -0.2) is 49.8 Å². The van der Waals surface area contributed by atoms with E-state index in [2.05, 4.69) is 5.92 Å². The zero-order valence-corrected chi connectivity index (χ0v) is 9.07. The topological polar surface area (TPSA) is 38.8 Å². The Labute approximate surface area is 90.5 Å². The summed E-state index contributed by atoms with van der Waals surface area (Å²) >= 11 is 0. The Morgan fingerprint density at radius 2 is 2.27 bits per heavy atom. The highest BCUT2D eigenvalue weighted by Gasteiger charge is 2.27. The second kappa shape index (κ2) is 6.44.